The van der Waals surface area contributed by atoms with Gasteiger partial charge < -0.3 is 15.4 Å². The molecule has 4 heteroatoms. The Hall–Kier alpha value is -1.81. The van der Waals surface area contributed by atoms with E-state index >= 15 is 0 Å². The van der Waals surface area contributed by atoms with Crippen molar-refractivity contribution in [3.05, 3.63) is 30.6 Å². The van der Waals surface area contributed by atoms with Gasteiger partial charge in [0.2, 0.25) is 0 Å². The third-order valence-electron chi connectivity index (χ3n) is 3.86. The van der Waals surface area contributed by atoms with Crippen molar-refractivity contribution >= 4 is 22.1 Å². The topological polar surface area (TPSA) is 51.4 Å². The summed E-state index contributed by atoms with van der Waals surface area (Å²) in [7, 11) is 2.09. The molecule has 1 heterocycles. The van der Waals surface area contributed by atoms with Crippen LogP contribution < -0.4 is 10.6 Å². The molecule has 0 saturated heterocycles. The highest BCUT2D eigenvalue weighted by Gasteiger charge is 2.21. The Kier molecular flexibility index (Phi) is 3.74. The van der Waals surface area contributed by atoms with Gasteiger partial charge in [-0.3, -0.25) is 4.98 Å². The number of fused-ring (bicyclic) bond motifs is 1. The molecule has 4 nitrogen and oxygen atoms in total. The first-order chi connectivity index (χ1) is 9.75. The molecule has 1 aliphatic carbocycles. The standard InChI is InChI=1S/C16H21N3O/c1-19(8-9-20-11-12-2-3-12)16-5-4-15(17)14-10-18-7-6-13(14)16/h4-7,10,12H,2-3,8-9,11,17H2,1H3. The van der Waals surface area contributed by atoms with Crippen LogP contribution in [0.5, 0.6) is 0 Å². The van der Waals surface area contributed by atoms with Crippen LogP contribution in [0.15, 0.2) is 30.6 Å². The summed E-state index contributed by atoms with van der Waals surface area (Å²) in [5.41, 5.74) is 7.95. The number of hydrogen-bond donors (Lipinski definition) is 1. The average molecular weight is 271 g/mol. The summed E-state index contributed by atoms with van der Waals surface area (Å²) in [5.74, 6) is 0.823. The minimum atomic E-state index is 0.768. The normalized spacial score (nSPS) is 14.7. The Bertz CT molecular complexity index is 595. The maximum atomic E-state index is 6.00. The summed E-state index contributed by atoms with van der Waals surface area (Å²) < 4.78 is 5.71. The predicted octanol–water partition coefficient (Wildman–Crippen LogP) is 2.68. The fraction of sp³-hybridized carbons (Fsp3) is 0.438. The van der Waals surface area contributed by atoms with Gasteiger partial charge in [-0.15, -0.1) is 0 Å². The molecule has 20 heavy (non-hydrogen) atoms. The summed E-state index contributed by atoms with van der Waals surface area (Å²) in [6.07, 6.45) is 6.31. The lowest BCUT2D eigenvalue weighted by Gasteiger charge is -2.21. The van der Waals surface area contributed by atoms with Crippen LogP contribution in [0.4, 0.5) is 11.4 Å². The van der Waals surface area contributed by atoms with Crippen LogP contribution in [0.1, 0.15) is 12.8 Å². The molecular weight excluding hydrogens is 250 g/mol. The highest BCUT2D eigenvalue weighted by Crippen LogP contribution is 2.30. The summed E-state index contributed by atoms with van der Waals surface area (Å²) >= 11 is 0. The Labute approximate surface area is 119 Å². The summed E-state index contributed by atoms with van der Waals surface area (Å²) in [6.45, 7) is 2.57. The van der Waals surface area contributed by atoms with E-state index in [1.807, 2.05) is 24.5 Å². The van der Waals surface area contributed by atoms with Crippen LogP contribution in [-0.4, -0.2) is 31.8 Å². The summed E-state index contributed by atoms with van der Waals surface area (Å²) in [4.78, 5) is 6.37. The molecule has 0 radical (unpaired) electrons. The molecule has 0 amide bonds. The van der Waals surface area contributed by atoms with Gasteiger partial charge in [0.1, 0.15) is 0 Å². The number of anilines is 2. The molecule has 2 N–H and O–H groups in total. The second-order valence-electron chi connectivity index (χ2n) is 5.54. The molecule has 0 aliphatic heterocycles. The van der Waals surface area contributed by atoms with E-state index in [-0.39, 0.29) is 0 Å². The van der Waals surface area contributed by atoms with E-state index in [9.17, 15) is 0 Å². The van der Waals surface area contributed by atoms with Gasteiger partial charge in [0.15, 0.2) is 0 Å². The number of rotatable bonds is 6. The third kappa shape index (κ3) is 2.85. The number of pyridine rings is 1. The number of ether oxygens (including phenoxy) is 1. The fourth-order valence-electron chi connectivity index (χ4n) is 2.39. The van der Waals surface area contributed by atoms with Crippen LogP contribution in [0.2, 0.25) is 0 Å². The first-order valence-corrected chi connectivity index (χ1v) is 7.17. The van der Waals surface area contributed by atoms with Gasteiger partial charge in [0.25, 0.3) is 0 Å². The van der Waals surface area contributed by atoms with Crippen molar-refractivity contribution in [1.29, 1.82) is 0 Å². The highest BCUT2D eigenvalue weighted by atomic mass is 16.5. The second-order valence-corrected chi connectivity index (χ2v) is 5.54. The predicted molar refractivity (Wildman–Crippen MR) is 83.0 cm³/mol. The van der Waals surface area contributed by atoms with Crippen LogP contribution in [0.25, 0.3) is 10.8 Å². The van der Waals surface area contributed by atoms with E-state index in [1.165, 1.54) is 18.5 Å². The van der Waals surface area contributed by atoms with Gasteiger partial charge >= 0.3 is 0 Å². The van der Waals surface area contributed by atoms with Gasteiger partial charge in [-0.25, -0.2) is 0 Å². The summed E-state index contributed by atoms with van der Waals surface area (Å²) in [6, 6.07) is 6.03. The number of nitrogens with two attached hydrogens (primary N) is 1. The van der Waals surface area contributed by atoms with E-state index in [0.29, 0.717) is 0 Å². The molecule has 106 valence electrons. The van der Waals surface area contributed by atoms with Crippen molar-refractivity contribution in [2.75, 3.05) is 37.4 Å². The van der Waals surface area contributed by atoms with E-state index in [2.05, 4.69) is 23.0 Å². The van der Waals surface area contributed by atoms with Crippen LogP contribution >= 0.6 is 0 Å². The number of aromatic nitrogens is 1. The van der Waals surface area contributed by atoms with Crippen LogP contribution in [0.3, 0.4) is 0 Å². The molecule has 0 bridgehead atoms. The number of benzene rings is 1. The monoisotopic (exact) mass is 271 g/mol. The first kappa shape index (κ1) is 13.2. The van der Waals surface area contributed by atoms with Gasteiger partial charge in [-0.1, -0.05) is 0 Å². The number of nitrogens with zero attached hydrogens (tertiary/aromatic N) is 2. The van der Waals surface area contributed by atoms with Gasteiger partial charge in [0.05, 0.1) is 6.61 Å². The molecule has 0 spiro atoms. The smallest absolute Gasteiger partial charge is 0.0641 e. The van der Waals surface area contributed by atoms with Crippen molar-refractivity contribution in [2.45, 2.75) is 12.8 Å². The minimum absolute atomic E-state index is 0.768. The Morgan fingerprint density at radius 3 is 2.95 bits per heavy atom. The lowest BCUT2D eigenvalue weighted by Crippen LogP contribution is -2.23. The quantitative estimate of drug-likeness (QED) is 0.648. The fourth-order valence-corrected chi connectivity index (χ4v) is 2.39. The number of nitrogen functional groups attached to an aromatic ring is 1. The zero-order valence-electron chi connectivity index (χ0n) is 11.9. The maximum absolute atomic E-state index is 6.00. The van der Waals surface area contributed by atoms with Crippen molar-refractivity contribution in [3.63, 3.8) is 0 Å². The zero-order chi connectivity index (χ0) is 13.9. The minimum Gasteiger partial charge on any atom is -0.398 e. The molecule has 3 rings (SSSR count). The van der Waals surface area contributed by atoms with Crippen LogP contribution in [0, 0.1) is 5.92 Å². The molecule has 1 fully saturated rings. The Balaban J connectivity index is 1.70. The van der Waals surface area contributed by atoms with E-state index in [1.54, 1.807) is 0 Å². The first-order valence-electron chi connectivity index (χ1n) is 7.17. The van der Waals surface area contributed by atoms with Crippen LogP contribution in [-0.2, 0) is 4.74 Å². The Morgan fingerprint density at radius 2 is 2.15 bits per heavy atom. The lowest BCUT2D eigenvalue weighted by atomic mass is 10.1. The lowest BCUT2D eigenvalue weighted by molar-refractivity contribution is 0.131. The number of hydrogen-bond acceptors (Lipinski definition) is 4. The largest absolute Gasteiger partial charge is 0.398 e. The van der Waals surface area contributed by atoms with Gasteiger partial charge in [-0.2, -0.15) is 0 Å². The van der Waals surface area contributed by atoms with Crippen molar-refractivity contribution < 1.29 is 4.74 Å². The molecule has 2 aromatic rings. The summed E-state index contributed by atoms with van der Waals surface area (Å²) in [5, 5.41) is 2.15. The van der Waals surface area contributed by atoms with Crippen molar-refractivity contribution in [1.82, 2.24) is 4.98 Å². The van der Waals surface area contributed by atoms with Crippen molar-refractivity contribution in [2.24, 2.45) is 5.92 Å². The molecule has 1 aromatic heterocycles. The number of likely N-dealkylation sites (N-methyl/N-ethyl adjacent to an activating group) is 1. The van der Waals surface area contributed by atoms with E-state index in [0.717, 1.165) is 42.1 Å². The molecule has 1 saturated carbocycles. The molecule has 0 unspecified atom stereocenters. The Morgan fingerprint density at radius 1 is 1.30 bits per heavy atom. The SMILES string of the molecule is CN(CCOCC1CC1)c1ccc(N)c2cnccc12. The second kappa shape index (κ2) is 5.67. The van der Waals surface area contributed by atoms with E-state index < -0.39 is 0 Å². The molecule has 1 aromatic carbocycles. The van der Waals surface area contributed by atoms with E-state index in [4.69, 9.17) is 10.5 Å². The average Bonchev–Trinajstić information content (AvgIpc) is 3.28. The maximum Gasteiger partial charge on any atom is 0.0641 e. The van der Waals surface area contributed by atoms with Gasteiger partial charge in [0, 0.05) is 54.7 Å². The van der Waals surface area contributed by atoms with Gasteiger partial charge in [-0.05, 0) is 37.0 Å². The molecule has 1 aliphatic rings. The molecular formula is C16H21N3O. The third-order valence-corrected chi connectivity index (χ3v) is 3.86. The molecule has 0 atom stereocenters. The zero-order valence-corrected chi connectivity index (χ0v) is 11.9. The highest BCUT2D eigenvalue weighted by molar-refractivity contribution is 6.00. The van der Waals surface area contributed by atoms with Crippen molar-refractivity contribution in [3.8, 4) is 0 Å².